The lowest BCUT2D eigenvalue weighted by molar-refractivity contribution is 0.101. The Balaban J connectivity index is 4.72. The highest BCUT2D eigenvalue weighted by Gasteiger charge is 2.24. The Morgan fingerprint density at radius 3 is 1.10 bits per heavy atom. The summed E-state index contributed by atoms with van der Waals surface area (Å²) in [6.07, 6.45) is 1.90. The van der Waals surface area contributed by atoms with Crippen LogP contribution in [-0.2, 0) is 28.6 Å². The summed E-state index contributed by atoms with van der Waals surface area (Å²) in [4.78, 5) is 0. The Morgan fingerprint density at radius 1 is 0.700 bits per heavy atom. The van der Waals surface area contributed by atoms with Gasteiger partial charge in [0, 0.05) is 0 Å². The molecular weight excluding hydrogens is 304 g/mol. The minimum absolute atomic E-state index is 0.00997. The van der Waals surface area contributed by atoms with Crippen molar-refractivity contribution in [3.05, 3.63) is 0 Å². The molecule has 8 heteroatoms. The van der Waals surface area contributed by atoms with Crippen molar-refractivity contribution in [1.82, 2.24) is 0 Å². The molecule has 0 bridgehead atoms. The number of rotatable bonds is 9. The van der Waals surface area contributed by atoms with E-state index in [1.165, 1.54) is 0 Å². The summed E-state index contributed by atoms with van der Waals surface area (Å²) in [6, 6.07) is 0. The quantitative estimate of drug-likeness (QED) is 0.599. The fourth-order valence-electron chi connectivity index (χ4n) is 1.76. The van der Waals surface area contributed by atoms with Crippen LogP contribution in [0.1, 0.15) is 40.5 Å². The predicted octanol–water partition coefficient (Wildman–Crippen LogP) is 1.77. The van der Waals surface area contributed by atoms with Gasteiger partial charge in [-0.25, -0.2) is 0 Å². The van der Waals surface area contributed by atoms with Crippen LogP contribution in [0, 0.1) is 11.8 Å². The van der Waals surface area contributed by atoms with E-state index in [0.29, 0.717) is 12.8 Å². The van der Waals surface area contributed by atoms with Crippen LogP contribution in [0.15, 0.2) is 0 Å². The Kier molecular flexibility index (Phi) is 7.65. The predicted molar refractivity (Wildman–Crippen MR) is 78.3 cm³/mol. The lowest BCUT2D eigenvalue weighted by Gasteiger charge is -2.24. The number of hydrogen-bond acceptors (Lipinski definition) is 6. The molecule has 0 aliphatic carbocycles. The Bertz CT molecular complexity index is 432. The van der Waals surface area contributed by atoms with Crippen LogP contribution in [0.4, 0.5) is 0 Å². The molecule has 0 amide bonds. The molecule has 0 aromatic carbocycles. The smallest absolute Gasteiger partial charge is 0.264 e. The summed E-state index contributed by atoms with van der Waals surface area (Å²) in [5.41, 5.74) is 0. The van der Waals surface area contributed by atoms with Crippen LogP contribution in [0.3, 0.4) is 0 Å². The molecule has 0 N–H and O–H groups in total. The Labute approximate surface area is 123 Å². The average Bonchev–Trinajstić information content (AvgIpc) is 2.18. The lowest BCUT2D eigenvalue weighted by Crippen LogP contribution is -2.28. The molecule has 0 heterocycles. The van der Waals surface area contributed by atoms with E-state index in [2.05, 4.69) is 0 Å². The highest BCUT2D eigenvalue weighted by molar-refractivity contribution is 7.86. The average molecular weight is 330 g/mol. The standard InChI is InChI=1S/C12H26O6S2/c1-9(2)11(17-19(5,13)14)7-8-12(10(3)4)18-20(6,15)16/h9-12H,7-8H2,1-6H3/t11-,12-/m1/s1. The highest BCUT2D eigenvalue weighted by atomic mass is 32.2. The van der Waals surface area contributed by atoms with Gasteiger partial charge in [0.25, 0.3) is 20.2 Å². The van der Waals surface area contributed by atoms with Crippen molar-refractivity contribution in [3.63, 3.8) is 0 Å². The van der Waals surface area contributed by atoms with E-state index in [0.717, 1.165) is 12.5 Å². The molecule has 0 aliphatic rings. The second-order valence-electron chi connectivity index (χ2n) is 5.74. The van der Waals surface area contributed by atoms with Crippen molar-refractivity contribution in [3.8, 4) is 0 Å². The van der Waals surface area contributed by atoms with E-state index >= 15 is 0 Å². The zero-order chi connectivity index (χ0) is 16.1. The molecule has 0 spiro atoms. The first kappa shape index (κ1) is 19.8. The molecule has 2 atom stereocenters. The van der Waals surface area contributed by atoms with E-state index in [9.17, 15) is 16.8 Å². The fourth-order valence-corrected chi connectivity index (χ4v) is 3.30. The van der Waals surface area contributed by atoms with Gasteiger partial charge in [0.15, 0.2) is 0 Å². The van der Waals surface area contributed by atoms with Crippen molar-refractivity contribution in [2.45, 2.75) is 52.7 Å². The molecule has 0 rings (SSSR count). The Hall–Kier alpha value is -0.180. The third kappa shape index (κ3) is 9.68. The van der Waals surface area contributed by atoms with Gasteiger partial charge in [-0.15, -0.1) is 0 Å². The maximum absolute atomic E-state index is 11.2. The summed E-state index contributed by atoms with van der Waals surface area (Å²) in [7, 11) is -7.06. The van der Waals surface area contributed by atoms with Crippen molar-refractivity contribution in [1.29, 1.82) is 0 Å². The van der Waals surface area contributed by atoms with Gasteiger partial charge in [-0.3, -0.25) is 8.37 Å². The van der Waals surface area contributed by atoms with Gasteiger partial charge >= 0.3 is 0 Å². The van der Waals surface area contributed by atoms with E-state index < -0.39 is 32.4 Å². The van der Waals surface area contributed by atoms with Crippen LogP contribution < -0.4 is 0 Å². The maximum atomic E-state index is 11.2. The molecule has 0 aliphatic heterocycles. The third-order valence-electron chi connectivity index (χ3n) is 2.82. The monoisotopic (exact) mass is 330 g/mol. The molecular formula is C12H26O6S2. The first-order valence-electron chi connectivity index (χ1n) is 6.58. The van der Waals surface area contributed by atoms with Crippen LogP contribution in [0.2, 0.25) is 0 Å². The summed E-state index contributed by atoms with van der Waals surface area (Å²) < 4.78 is 54.9. The molecule has 0 aromatic rings. The zero-order valence-corrected chi connectivity index (χ0v) is 14.6. The normalized spacial score (nSPS) is 16.6. The maximum Gasteiger partial charge on any atom is 0.264 e. The van der Waals surface area contributed by atoms with Gasteiger partial charge in [-0.2, -0.15) is 16.8 Å². The fraction of sp³-hybridized carbons (Fsp3) is 1.00. The lowest BCUT2D eigenvalue weighted by atomic mass is 9.96. The van der Waals surface area contributed by atoms with Gasteiger partial charge in [-0.05, 0) is 24.7 Å². The van der Waals surface area contributed by atoms with E-state index in [-0.39, 0.29) is 11.8 Å². The highest BCUT2D eigenvalue weighted by Crippen LogP contribution is 2.21. The van der Waals surface area contributed by atoms with Crippen LogP contribution >= 0.6 is 0 Å². The third-order valence-corrected chi connectivity index (χ3v) is 4.01. The van der Waals surface area contributed by atoms with Crippen LogP contribution in [0.5, 0.6) is 0 Å². The van der Waals surface area contributed by atoms with Gasteiger partial charge in [0.05, 0.1) is 24.7 Å². The summed E-state index contributed by atoms with van der Waals surface area (Å²) in [6.45, 7) is 7.44. The SMILES string of the molecule is CC(C)[C@@H](CC[C@@H](OS(C)(=O)=O)C(C)C)OS(C)(=O)=O. The minimum Gasteiger partial charge on any atom is -0.267 e. The summed E-state index contributed by atoms with van der Waals surface area (Å²) >= 11 is 0. The van der Waals surface area contributed by atoms with Crippen molar-refractivity contribution < 1.29 is 25.2 Å². The molecule has 0 unspecified atom stereocenters. The summed E-state index contributed by atoms with van der Waals surface area (Å²) in [5, 5.41) is 0. The molecule has 0 aromatic heterocycles. The second-order valence-corrected chi connectivity index (χ2v) is 8.94. The van der Waals surface area contributed by atoms with Crippen LogP contribution in [0.25, 0.3) is 0 Å². The molecule has 0 radical (unpaired) electrons. The first-order valence-corrected chi connectivity index (χ1v) is 10.2. The molecule has 20 heavy (non-hydrogen) atoms. The molecule has 122 valence electrons. The summed E-state index contributed by atoms with van der Waals surface area (Å²) in [5.74, 6) is 0.0199. The molecule has 0 fully saturated rings. The molecule has 0 saturated carbocycles. The van der Waals surface area contributed by atoms with Gasteiger partial charge in [0.1, 0.15) is 0 Å². The van der Waals surface area contributed by atoms with Crippen LogP contribution in [-0.4, -0.2) is 41.6 Å². The topological polar surface area (TPSA) is 86.7 Å². The molecule has 0 saturated heterocycles. The largest absolute Gasteiger partial charge is 0.267 e. The second kappa shape index (κ2) is 7.72. The molecule has 6 nitrogen and oxygen atoms in total. The van der Waals surface area contributed by atoms with E-state index in [1.807, 2.05) is 27.7 Å². The van der Waals surface area contributed by atoms with Crippen molar-refractivity contribution in [2.24, 2.45) is 11.8 Å². The van der Waals surface area contributed by atoms with E-state index in [1.54, 1.807) is 0 Å². The van der Waals surface area contributed by atoms with Gasteiger partial charge in [0.2, 0.25) is 0 Å². The Morgan fingerprint density at radius 2 is 0.950 bits per heavy atom. The minimum atomic E-state index is -3.53. The van der Waals surface area contributed by atoms with Gasteiger partial charge in [-0.1, -0.05) is 27.7 Å². The van der Waals surface area contributed by atoms with Crippen molar-refractivity contribution in [2.75, 3.05) is 12.5 Å². The number of hydrogen-bond donors (Lipinski definition) is 0. The first-order chi connectivity index (χ1) is 8.82. The van der Waals surface area contributed by atoms with Gasteiger partial charge < -0.3 is 0 Å². The van der Waals surface area contributed by atoms with Crippen molar-refractivity contribution >= 4 is 20.2 Å². The zero-order valence-electron chi connectivity index (χ0n) is 13.0. The van der Waals surface area contributed by atoms with E-state index in [4.69, 9.17) is 8.37 Å².